The highest BCUT2D eigenvalue weighted by molar-refractivity contribution is 5.76. The van der Waals surface area contributed by atoms with Crippen LogP contribution in [-0.2, 0) is 4.79 Å². The minimum absolute atomic E-state index is 0.116. The lowest BCUT2D eigenvalue weighted by molar-refractivity contribution is -0.121. The van der Waals surface area contributed by atoms with Crippen LogP contribution in [0.3, 0.4) is 0 Å². The van der Waals surface area contributed by atoms with Gasteiger partial charge in [0.25, 0.3) is 0 Å². The molecule has 0 bridgehead atoms. The van der Waals surface area contributed by atoms with Gasteiger partial charge in [0.1, 0.15) is 0 Å². The normalized spacial score (nSPS) is 18.0. The Hall–Kier alpha value is -3.41. The second kappa shape index (κ2) is 10.9. The number of amides is 1. The maximum absolute atomic E-state index is 11.8. The highest BCUT2D eigenvalue weighted by atomic mass is 16.1. The summed E-state index contributed by atoms with van der Waals surface area (Å²) in [6.07, 6.45) is 9.00. The van der Waals surface area contributed by atoms with Gasteiger partial charge in [-0.3, -0.25) is 14.8 Å². The fraction of sp³-hybridized carbons (Fsp3) is 0.370. The Morgan fingerprint density at radius 2 is 2.03 bits per heavy atom. The van der Waals surface area contributed by atoms with E-state index >= 15 is 0 Å². The molecule has 1 heterocycles. The summed E-state index contributed by atoms with van der Waals surface area (Å²) in [6.45, 7) is 9.46. The Bertz CT molecular complexity index is 1030. The Labute approximate surface area is 197 Å². The maximum Gasteiger partial charge on any atom is 0.219 e. The molecule has 33 heavy (non-hydrogen) atoms. The van der Waals surface area contributed by atoms with E-state index < -0.39 is 0 Å². The van der Waals surface area contributed by atoms with Crippen molar-refractivity contribution < 1.29 is 4.79 Å². The van der Waals surface area contributed by atoms with Gasteiger partial charge >= 0.3 is 0 Å². The van der Waals surface area contributed by atoms with Crippen LogP contribution in [0.5, 0.6) is 0 Å². The minimum Gasteiger partial charge on any atom is -0.377 e. The Balaban J connectivity index is 1.80. The van der Waals surface area contributed by atoms with E-state index in [9.17, 15) is 4.79 Å². The van der Waals surface area contributed by atoms with Gasteiger partial charge in [-0.05, 0) is 49.7 Å². The third-order valence-electron chi connectivity index (χ3n) is 6.32. The van der Waals surface area contributed by atoms with Crippen LogP contribution in [0.25, 0.3) is 23.0 Å². The molecule has 0 radical (unpaired) electrons. The number of hydrogen-bond donors (Lipinski definition) is 1. The van der Waals surface area contributed by atoms with Gasteiger partial charge in [-0.15, -0.1) is 0 Å². The van der Waals surface area contributed by atoms with Crippen molar-refractivity contribution in [1.82, 2.24) is 15.2 Å². The molecule has 1 N–H and O–H groups in total. The van der Waals surface area contributed by atoms with Crippen molar-refractivity contribution in [3.05, 3.63) is 60.4 Å². The summed E-state index contributed by atoms with van der Waals surface area (Å²) in [5.74, 6) is 0.116. The molecule has 3 rings (SSSR count). The van der Waals surface area contributed by atoms with Gasteiger partial charge in [-0.2, -0.15) is 0 Å². The SMILES string of the molecule is C=Cc1ccc(-c2ccc(/C(=C/N=C)N(C)[C@@H]3CC[C@H](NC(=O)CC)C3)cn2)cc1N(C)C. The second-order valence-corrected chi connectivity index (χ2v) is 8.70. The standard InChI is InChI=1S/C27H35N5O/c1-7-19-9-10-20(15-25(19)31(4)5)24-14-11-21(17-29-24)26(18-28-3)32(6)23-13-12-22(16-23)30-27(33)8-2/h7,9-11,14-15,17-18,22-23H,1,3,8,12-13,16H2,2,4-6H3,(H,30,33)/b26-18-/t22-,23+/m0/s1. The van der Waals surface area contributed by atoms with E-state index in [0.29, 0.717) is 12.5 Å². The van der Waals surface area contributed by atoms with Crippen molar-refractivity contribution in [2.24, 2.45) is 4.99 Å². The molecular weight excluding hydrogens is 410 g/mol. The Morgan fingerprint density at radius 3 is 2.64 bits per heavy atom. The average molecular weight is 446 g/mol. The summed E-state index contributed by atoms with van der Waals surface area (Å²) in [4.78, 5) is 24.9. The molecule has 174 valence electrons. The molecule has 1 aromatic heterocycles. The monoisotopic (exact) mass is 445 g/mol. The van der Waals surface area contributed by atoms with E-state index in [0.717, 1.165) is 53.0 Å². The van der Waals surface area contributed by atoms with Gasteiger partial charge in [-0.25, -0.2) is 0 Å². The number of anilines is 1. The zero-order valence-electron chi connectivity index (χ0n) is 20.2. The molecule has 2 atom stereocenters. The van der Waals surface area contributed by atoms with Crippen LogP contribution in [-0.4, -0.2) is 55.7 Å². The van der Waals surface area contributed by atoms with E-state index in [1.807, 2.05) is 39.4 Å². The molecule has 1 saturated carbocycles. The second-order valence-electron chi connectivity index (χ2n) is 8.70. The maximum atomic E-state index is 11.8. The third-order valence-corrected chi connectivity index (χ3v) is 6.32. The van der Waals surface area contributed by atoms with Gasteiger partial charge < -0.3 is 15.1 Å². The van der Waals surface area contributed by atoms with E-state index in [4.69, 9.17) is 4.98 Å². The summed E-state index contributed by atoms with van der Waals surface area (Å²) in [5, 5.41) is 3.13. The molecule has 6 nitrogen and oxygen atoms in total. The minimum atomic E-state index is 0.116. The molecule has 1 fully saturated rings. The van der Waals surface area contributed by atoms with E-state index in [1.165, 1.54) is 0 Å². The Kier molecular flexibility index (Phi) is 8.04. The number of hydrogen-bond acceptors (Lipinski definition) is 5. The smallest absolute Gasteiger partial charge is 0.219 e. The van der Waals surface area contributed by atoms with Crippen LogP contribution in [0.15, 0.2) is 54.3 Å². The summed E-state index contributed by atoms with van der Waals surface area (Å²) >= 11 is 0. The first-order chi connectivity index (χ1) is 15.9. The predicted molar refractivity (Wildman–Crippen MR) is 139 cm³/mol. The zero-order valence-corrected chi connectivity index (χ0v) is 20.2. The highest BCUT2D eigenvalue weighted by Gasteiger charge is 2.29. The van der Waals surface area contributed by atoms with E-state index in [1.54, 1.807) is 6.20 Å². The summed E-state index contributed by atoms with van der Waals surface area (Å²) < 4.78 is 0. The van der Waals surface area contributed by atoms with Crippen LogP contribution in [0.4, 0.5) is 5.69 Å². The van der Waals surface area contributed by atoms with Crippen molar-refractivity contribution in [2.75, 3.05) is 26.0 Å². The number of aromatic nitrogens is 1. The van der Waals surface area contributed by atoms with Crippen molar-refractivity contribution in [3.63, 3.8) is 0 Å². The molecular formula is C27H35N5O. The summed E-state index contributed by atoms with van der Waals surface area (Å²) in [7, 11) is 6.13. The molecule has 0 saturated heterocycles. The molecule has 0 spiro atoms. The largest absolute Gasteiger partial charge is 0.377 e. The molecule has 1 amide bonds. The highest BCUT2D eigenvalue weighted by Crippen LogP contribution is 2.31. The van der Waals surface area contributed by atoms with Crippen LogP contribution < -0.4 is 10.2 Å². The van der Waals surface area contributed by atoms with Crippen LogP contribution in [0, 0.1) is 0 Å². The number of nitrogens with one attached hydrogen (secondary N) is 1. The summed E-state index contributed by atoms with van der Waals surface area (Å²) in [6, 6.07) is 11.0. The van der Waals surface area contributed by atoms with Crippen LogP contribution >= 0.6 is 0 Å². The van der Waals surface area contributed by atoms with Crippen molar-refractivity contribution >= 4 is 30.1 Å². The molecule has 1 aromatic carbocycles. The molecule has 6 heteroatoms. The van der Waals surface area contributed by atoms with Crippen molar-refractivity contribution in [3.8, 4) is 11.3 Å². The average Bonchev–Trinajstić information content (AvgIpc) is 3.30. The van der Waals surface area contributed by atoms with Crippen LogP contribution in [0.1, 0.15) is 43.7 Å². The zero-order chi connectivity index (χ0) is 24.0. The fourth-order valence-corrected chi connectivity index (χ4v) is 4.40. The van der Waals surface area contributed by atoms with Crippen LogP contribution in [0.2, 0.25) is 0 Å². The number of carbonyl (C=O) groups is 1. The fourth-order valence-electron chi connectivity index (χ4n) is 4.40. The topological polar surface area (TPSA) is 60.8 Å². The lowest BCUT2D eigenvalue weighted by Gasteiger charge is -2.29. The van der Waals surface area contributed by atoms with Gasteiger partial charge in [0.15, 0.2) is 0 Å². The molecule has 1 aliphatic carbocycles. The molecule has 0 unspecified atom stereocenters. The van der Waals surface area contributed by atoms with Gasteiger partial charge in [0.05, 0.1) is 17.6 Å². The quantitative estimate of drug-likeness (QED) is 0.561. The number of rotatable bonds is 9. The summed E-state index contributed by atoms with van der Waals surface area (Å²) in [5.41, 5.74) is 6.14. The van der Waals surface area contributed by atoms with Gasteiger partial charge in [0.2, 0.25) is 5.91 Å². The first-order valence-corrected chi connectivity index (χ1v) is 11.5. The third kappa shape index (κ3) is 5.69. The number of carbonyl (C=O) groups excluding carboxylic acids is 1. The Morgan fingerprint density at radius 1 is 1.24 bits per heavy atom. The molecule has 1 aliphatic rings. The molecule has 0 aliphatic heterocycles. The van der Waals surface area contributed by atoms with Crippen molar-refractivity contribution in [1.29, 1.82) is 0 Å². The lowest BCUT2D eigenvalue weighted by Crippen LogP contribution is -2.35. The van der Waals surface area contributed by atoms with Crippen molar-refractivity contribution in [2.45, 2.75) is 44.7 Å². The number of nitrogens with zero attached hydrogens (tertiary/aromatic N) is 4. The number of benzene rings is 1. The predicted octanol–water partition coefficient (Wildman–Crippen LogP) is 4.84. The van der Waals surface area contributed by atoms with Gasteiger partial charge in [-0.1, -0.05) is 31.7 Å². The van der Waals surface area contributed by atoms with E-state index in [2.05, 4.69) is 64.7 Å². The van der Waals surface area contributed by atoms with E-state index in [-0.39, 0.29) is 11.9 Å². The number of pyridine rings is 1. The van der Waals surface area contributed by atoms with Gasteiger partial charge in [0, 0.05) is 62.7 Å². The number of aliphatic imine (C=N–C) groups is 1. The molecule has 2 aromatic rings. The lowest BCUT2D eigenvalue weighted by atomic mass is 10.0. The first-order valence-electron chi connectivity index (χ1n) is 11.5. The first kappa shape index (κ1) is 24.2.